The molecule has 1 atom stereocenters. The van der Waals surface area contributed by atoms with Gasteiger partial charge in [-0.3, -0.25) is 9.59 Å². The predicted octanol–water partition coefficient (Wildman–Crippen LogP) is 4.23. The minimum absolute atomic E-state index is 0.233. The lowest BCUT2D eigenvalue weighted by Crippen LogP contribution is -2.46. The summed E-state index contributed by atoms with van der Waals surface area (Å²) in [5.74, 6) is -0.512. The highest BCUT2D eigenvalue weighted by molar-refractivity contribution is 6.30. The number of carbonyl (C=O) groups excluding carboxylic acids is 2. The van der Waals surface area contributed by atoms with Crippen LogP contribution in [0.25, 0.3) is 0 Å². The zero-order valence-electron chi connectivity index (χ0n) is 17.1. The van der Waals surface area contributed by atoms with Gasteiger partial charge in [-0.25, -0.2) is 4.99 Å². The van der Waals surface area contributed by atoms with Crippen molar-refractivity contribution in [2.24, 2.45) is 4.99 Å². The average molecular weight is 432 g/mol. The van der Waals surface area contributed by atoms with Gasteiger partial charge in [-0.05, 0) is 30.2 Å². The smallest absolute Gasteiger partial charge is 0.272 e. The number of fused-ring (bicyclic) bond motifs is 1. The van der Waals surface area contributed by atoms with E-state index < -0.39 is 6.17 Å². The molecule has 31 heavy (non-hydrogen) atoms. The normalized spacial score (nSPS) is 15.7. The molecule has 0 unspecified atom stereocenters. The highest BCUT2D eigenvalue weighted by Gasteiger charge is 2.30. The number of para-hydroxylation sites is 1. The standard InChI is InChI=1S/C25H22ClN3O2/c1-29-21-10-6-5-9-20(21)23(18-7-3-2-4-8-18)28-24(25(29)31)27-22(30)16-13-17-11-14-19(26)15-12-17/h2-12,14-15,24H,13,16H2,1H3,(H,27,30)/t24-/m1/s1. The minimum Gasteiger partial charge on any atom is -0.327 e. The third-order valence-corrected chi connectivity index (χ3v) is 5.49. The first-order valence-corrected chi connectivity index (χ1v) is 10.4. The fourth-order valence-electron chi connectivity index (χ4n) is 3.58. The first-order valence-electron chi connectivity index (χ1n) is 10.1. The number of carbonyl (C=O) groups is 2. The van der Waals surface area contributed by atoms with E-state index in [0.717, 1.165) is 22.4 Å². The summed E-state index contributed by atoms with van der Waals surface area (Å²) >= 11 is 5.91. The number of likely N-dealkylation sites (N-methyl/N-ethyl adjacent to an activating group) is 1. The fraction of sp³-hybridized carbons (Fsp3) is 0.160. The molecule has 3 aromatic carbocycles. The lowest BCUT2D eigenvalue weighted by atomic mass is 10.0. The molecule has 0 saturated heterocycles. The monoisotopic (exact) mass is 431 g/mol. The fourth-order valence-corrected chi connectivity index (χ4v) is 3.70. The van der Waals surface area contributed by atoms with E-state index in [0.29, 0.717) is 17.2 Å². The van der Waals surface area contributed by atoms with Gasteiger partial charge in [0.25, 0.3) is 5.91 Å². The molecule has 4 rings (SSSR count). The lowest BCUT2D eigenvalue weighted by Gasteiger charge is -2.20. The maximum atomic E-state index is 13.1. The molecular formula is C25H22ClN3O2. The maximum absolute atomic E-state index is 13.1. The largest absolute Gasteiger partial charge is 0.327 e. The number of nitrogens with one attached hydrogen (secondary N) is 1. The Morgan fingerprint density at radius 1 is 1.00 bits per heavy atom. The van der Waals surface area contributed by atoms with Crippen LogP contribution in [0.3, 0.4) is 0 Å². The highest BCUT2D eigenvalue weighted by Crippen LogP contribution is 2.27. The van der Waals surface area contributed by atoms with Crippen LogP contribution in [-0.2, 0) is 16.0 Å². The second-order valence-electron chi connectivity index (χ2n) is 7.35. The van der Waals surface area contributed by atoms with Crippen molar-refractivity contribution in [3.05, 3.63) is 101 Å². The summed E-state index contributed by atoms with van der Waals surface area (Å²) in [6, 6.07) is 24.7. The van der Waals surface area contributed by atoms with E-state index >= 15 is 0 Å². The molecule has 3 aromatic rings. The van der Waals surface area contributed by atoms with Crippen molar-refractivity contribution in [1.82, 2.24) is 5.32 Å². The zero-order valence-corrected chi connectivity index (χ0v) is 17.8. The minimum atomic E-state index is -0.995. The number of anilines is 1. The summed E-state index contributed by atoms with van der Waals surface area (Å²) in [6.45, 7) is 0. The van der Waals surface area contributed by atoms with Crippen molar-refractivity contribution in [3.63, 3.8) is 0 Å². The van der Waals surface area contributed by atoms with Crippen molar-refractivity contribution < 1.29 is 9.59 Å². The molecule has 2 amide bonds. The maximum Gasteiger partial charge on any atom is 0.272 e. The van der Waals surface area contributed by atoms with Crippen LogP contribution >= 0.6 is 11.6 Å². The van der Waals surface area contributed by atoms with E-state index in [4.69, 9.17) is 16.6 Å². The molecule has 1 heterocycles. The molecular weight excluding hydrogens is 410 g/mol. The van der Waals surface area contributed by atoms with Crippen LogP contribution in [0.15, 0.2) is 83.9 Å². The van der Waals surface area contributed by atoms with Gasteiger partial charge in [0.2, 0.25) is 12.1 Å². The number of amides is 2. The zero-order chi connectivity index (χ0) is 21.8. The summed E-state index contributed by atoms with van der Waals surface area (Å²) in [4.78, 5) is 32.0. The van der Waals surface area contributed by atoms with Crippen LogP contribution in [0.5, 0.6) is 0 Å². The molecule has 5 nitrogen and oxygen atoms in total. The van der Waals surface area contributed by atoms with Gasteiger partial charge in [0.1, 0.15) is 0 Å². The molecule has 0 bridgehead atoms. The number of benzene rings is 3. The van der Waals surface area contributed by atoms with Crippen molar-refractivity contribution in [2.45, 2.75) is 19.0 Å². The molecule has 1 aliphatic heterocycles. The highest BCUT2D eigenvalue weighted by atomic mass is 35.5. The van der Waals surface area contributed by atoms with Gasteiger partial charge in [-0.1, -0.05) is 72.3 Å². The SMILES string of the molecule is CN1C(=O)[C@H](NC(=O)CCc2ccc(Cl)cc2)N=C(c2ccccc2)c2ccccc21. The topological polar surface area (TPSA) is 61.8 Å². The molecule has 0 aliphatic carbocycles. The van der Waals surface area contributed by atoms with Crippen molar-refractivity contribution in [2.75, 3.05) is 11.9 Å². The second-order valence-corrected chi connectivity index (χ2v) is 7.79. The Labute approximate surface area is 186 Å². The summed E-state index contributed by atoms with van der Waals surface area (Å²) in [5, 5.41) is 3.47. The van der Waals surface area contributed by atoms with Crippen LogP contribution < -0.4 is 10.2 Å². The summed E-state index contributed by atoms with van der Waals surface area (Å²) in [7, 11) is 1.71. The number of nitrogens with zero attached hydrogens (tertiary/aromatic N) is 2. The van der Waals surface area contributed by atoms with E-state index in [1.807, 2.05) is 66.7 Å². The number of hydrogen-bond acceptors (Lipinski definition) is 3. The quantitative estimate of drug-likeness (QED) is 0.657. The number of hydrogen-bond donors (Lipinski definition) is 1. The molecule has 0 aromatic heterocycles. The van der Waals surface area contributed by atoms with Gasteiger partial charge in [0.05, 0.1) is 11.4 Å². The molecule has 156 valence electrons. The number of halogens is 1. The number of benzodiazepines with no additional fused rings is 1. The van der Waals surface area contributed by atoms with Crippen molar-refractivity contribution in [1.29, 1.82) is 0 Å². The van der Waals surface area contributed by atoms with Crippen LogP contribution in [0.4, 0.5) is 5.69 Å². The number of rotatable bonds is 5. The molecule has 1 aliphatic rings. The molecule has 0 saturated carbocycles. The summed E-state index contributed by atoms with van der Waals surface area (Å²) < 4.78 is 0. The Hall–Kier alpha value is -3.44. The van der Waals surface area contributed by atoms with Gasteiger partial charge < -0.3 is 10.2 Å². The molecule has 1 N–H and O–H groups in total. The van der Waals surface area contributed by atoms with Gasteiger partial charge in [-0.15, -0.1) is 0 Å². The van der Waals surface area contributed by atoms with Crippen LogP contribution in [0.1, 0.15) is 23.1 Å². The van der Waals surface area contributed by atoms with Gasteiger partial charge >= 0.3 is 0 Å². The van der Waals surface area contributed by atoms with Crippen LogP contribution in [-0.4, -0.2) is 30.7 Å². The molecule has 0 radical (unpaired) electrons. The van der Waals surface area contributed by atoms with E-state index in [9.17, 15) is 9.59 Å². The van der Waals surface area contributed by atoms with Crippen LogP contribution in [0.2, 0.25) is 5.02 Å². The first kappa shape index (κ1) is 20.8. The van der Waals surface area contributed by atoms with E-state index in [2.05, 4.69) is 5.32 Å². The van der Waals surface area contributed by atoms with Crippen LogP contribution in [0, 0.1) is 0 Å². The summed E-state index contributed by atoms with van der Waals surface area (Å²) in [5.41, 5.74) is 4.18. The molecule has 0 spiro atoms. The Morgan fingerprint density at radius 3 is 2.42 bits per heavy atom. The van der Waals surface area contributed by atoms with E-state index in [1.54, 1.807) is 24.1 Å². The first-order chi connectivity index (χ1) is 15.0. The third kappa shape index (κ3) is 4.67. The Morgan fingerprint density at radius 2 is 1.68 bits per heavy atom. The molecule has 6 heteroatoms. The molecule has 0 fully saturated rings. The predicted molar refractivity (Wildman–Crippen MR) is 124 cm³/mol. The lowest BCUT2D eigenvalue weighted by molar-refractivity contribution is -0.127. The Kier molecular flexibility index (Phi) is 6.14. The number of aliphatic imine (C=N–C) groups is 1. The summed E-state index contributed by atoms with van der Waals surface area (Å²) in [6.07, 6.45) is -0.196. The van der Waals surface area contributed by atoms with Gasteiger partial charge in [0.15, 0.2) is 0 Å². The average Bonchev–Trinajstić information content (AvgIpc) is 2.90. The van der Waals surface area contributed by atoms with E-state index in [1.165, 1.54) is 0 Å². The third-order valence-electron chi connectivity index (χ3n) is 5.24. The van der Waals surface area contributed by atoms with Crippen molar-refractivity contribution in [3.8, 4) is 0 Å². The van der Waals surface area contributed by atoms with E-state index in [-0.39, 0.29) is 18.2 Å². The number of aryl methyl sites for hydroxylation is 1. The van der Waals surface area contributed by atoms with Crippen molar-refractivity contribution >= 4 is 34.8 Å². The van der Waals surface area contributed by atoms with Gasteiger partial charge in [0, 0.05) is 29.6 Å². The Balaban J connectivity index is 1.60. The second kappa shape index (κ2) is 9.14. The Bertz CT molecular complexity index is 1130. The van der Waals surface area contributed by atoms with Gasteiger partial charge in [-0.2, -0.15) is 0 Å².